The standard InChI is InChI=1S/C17H21NO.ClH/c1-18(12-13-19)17(16-10-6-3-7-11-16)14-15-8-4-2-5-9-15;/h2-11,17,19H,12-14H2,1H3;1H. The van der Waals surface area contributed by atoms with Gasteiger partial charge in [0.25, 0.3) is 0 Å². The first-order valence-electron chi connectivity index (χ1n) is 6.71. The molecule has 2 aromatic carbocycles. The zero-order chi connectivity index (χ0) is 13.5. The molecular formula is C17H22ClNO. The Morgan fingerprint density at radius 1 is 0.950 bits per heavy atom. The molecule has 0 aliphatic heterocycles. The molecule has 0 aliphatic rings. The highest BCUT2D eigenvalue weighted by molar-refractivity contribution is 5.85. The second kappa shape index (κ2) is 8.75. The lowest BCUT2D eigenvalue weighted by Crippen LogP contribution is -2.29. The van der Waals surface area contributed by atoms with Gasteiger partial charge in [-0.15, -0.1) is 12.4 Å². The van der Waals surface area contributed by atoms with Crippen molar-refractivity contribution in [3.8, 4) is 0 Å². The maximum Gasteiger partial charge on any atom is 0.0558 e. The maximum absolute atomic E-state index is 9.16. The molecule has 0 radical (unpaired) electrons. The van der Waals surface area contributed by atoms with Crippen molar-refractivity contribution in [3.63, 3.8) is 0 Å². The smallest absolute Gasteiger partial charge is 0.0558 e. The number of benzene rings is 2. The number of nitrogens with zero attached hydrogens (tertiary/aromatic N) is 1. The number of aliphatic hydroxyl groups excluding tert-OH is 1. The maximum atomic E-state index is 9.16. The van der Waals surface area contributed by atoms with E-state index >= 15 is 0 Å². The molecule has 0 spiro atoms. The van der Waals surface area contributed by atoms with Crippen molar-refractivity contribution in [1.82, 2.24) is 4.90 Å². The van der Waals surface area contributed by atoms with Crippen molar-refractivity contribution in [2.24, 2.45) is 0 Å². The summed E-state index contributed by atoms with van der Waals surface area (Å²) in [5.41, 5.74) is 2.61. The highest BCUT2D eigenvalue weighted by Crippen LogP contribution is 2.23. The van der Waals surface area contributed by atoms with E-state index < -0.39 is 0 Å². The minimum Gasteiger partial charge on any atom is -0.395 e. The molecule has 0 saturated heterocycles. The molecule has 0 amide bonds. The number of rotatable bonds is 6. The van der Waals surface area contributed by atoms with E-state index in [9.17, 15) is 0 Å². The number of likely N-dealkylation sites (N-methyl/N-ethyl adjacent to an activating group) is 1. The third kappa shape index (κ3) is 4.64. The zero-order valence-corrected chi connectivity index (χ0v) is 12.6. The predicted octanol–water partition coefficient (Wildman–Crippen LogP) is 3.32. The van der Waals surface area contributed by atoms with Crippen LogP contribution in [0.4, 0.5) is 0 Å². The van der Waals surface area contributed by atoms with Crippen LogP contribution in [-0.2, 0) is 6.42 Å². The van der Waals surface area contributed by atoms with Crippen LogP contribution >= 0.6 is 12.4 Å². The molecule has 108 valence electrons. The van der Waals surface area contributed by atoms with Crippen LogP contribution in [0.3, 0.4) is 0 Å². The SMILES string of the molecule is CN(CCO)C(Cc1ccccc1)c1ccccc1.Cl. The van der Waals surface area contributed by atoms with Crippen LogP contribution in [0.1, 0.15) is 17.2 Å². The molecule has 3 heteroatoms. The Bertz CT molecular complexity index is 475. The van der Waals surface area contributed by atoms with E-state index in [0.29, 0.717) is 12.6 Å². The molecule has 1 N–H and O–H groups in total. The molecule has 2 rings (SSSR count). The fourth-order valence-corrected chi connectivity index (χ4v) is 2.35. The predicted molar refractivity (Wildman–Crippen MR) is 86.3 cm³/mol. The van der Waals surface area contributed by atoms with E-state index in [0.717, 1.165) is 6.42 Å². The molecule has 20 heavy (non-hydrogen) atoms. The highest BCUT2D eigenvalue weighted by Gasteiger charge is 2.16. The van der Waals surface area contributed by atoms with Crippen molar-refractivity contribution < 1.29 is 5.11 Å². The summed E-state index contributed by atoms with van der Waals surface area (Å²) >= 11 is 0. The first kappa shape index (κ1) is 16.7. The summed E-state index contributed by atoms with van der Waals surface area (Å²) in [6.07, 6.45) is 0.960. The Kier molecular flexibility index (Phi) is 7.31. The lowest BCUT2D eigenvalue weighted by Gasteiger charge is -2.28. The Morgan fingerprint density at radius 2 is 1.50 bits per heavy atom. The van der Waals surface area contributed by atoms with Gasteiger partial charge in [-0.3, -0.25) is 4.90 Å². The minimum atomic E-state index is 0. The molecule has 0 saturated carbocycles. The van der Waals surface area contributed by atoms with E-state index in [1.165, 1.54) is 11.1 Å². The van der Waals surface area contributed by atoms with Crippen molar-refractivity contribution in [1.29, 1.82) is 0 Å². The summed E-state index contributed by atoms with van der Waals surface area (Å²) < 4.78 is 0. The second-order valence-corrected chi connectivity index (χ2v) is 4.82. The van der Waals surface area contributed by atoms with Gasteiger partial charge in [-0.25, -0.2) is 0 Å². The number of hydrogen-bond acceptors (Lipinski definition) is 2. The van der Waals surface area contributed by atoms with Gasteiger partial charge >= 0.3 is 0 Å². The monoisotopic (exact) mass is 291 g/mol. The van der Waals surface area contributed by atoms with Crippen LogP contribution in [0.2, 0.25) is 0 Å². The van der Waals surface area contributed by atoms with Crippen molar-refractivity contribution in [2.75, 3.05) is 20.2 Å². The molecule has 0 heterocycles. The molecule has 2 aromatic rings. The van der Waals surface area contributed by atoms with Crippen molar-refractivity contribution in [3.05, 3.63) is 71.8 Å². The van der Waals surface area contributed by atoms with E-state index in [1.54, 1.807) is 0 Å². The molecule has 0 fully saturated rings. The Morgan fingerprint density at radius 3 is 2.05 bits per heavy atom. The van der Waals surface area contributed by atoms with Crippen molar-refractivity contribution in [2.45, 2.75) is 12.5 Å². The van der Waals surface area contributed by atoms with Gasteiger partial charge in [0.1, 0.15) is 0 Å². The van der Waals surface area contributed by atoms with Gasteiger partial charge in [0.05, 0.1) is 6.61 Å². The van der Waals surface area contributed by atoms with Gasteiger partial charge in [-0.1, -0.05) is 60.7 Å². The number of halogens is 1. The van der Waals surface area contributed by atoms with Crippen LogP contribution in [-0.4, -0.2) is 30.2 Å². The quantitative estimate of drug-likeness (QED) is 0.882. The van der Waals surface area contributed by atoms with Crippen molar-refractivity contribution >= 4 is 12.4 Å². The Labute approximate surface area is 127 Å². The summed E-state index contributed by atoms with van der Waals surface area (Å²) in [7, 11) is 2.07. The second-order valence-electron chi connectivity index (χ2n) is 4.82. The van der Waals surface area contributed by atoms with Gasteiger partial charge in [-0.05, 0) is 24.6 Å². The summed E-state index contributed by atoms with van der Waals surface area (Å²) in [6.45, 7) is 0.876. The van der Waals surface area contributed by atoms with Crippen LogP contribution in [0, 0.1) is 0 Å². The molecule has 0 bridgehead atoms. The van der Waals surface area contributed by atoms with Crippen LogP contribution < -0.4 is 0 Å². The molecule has 1 atom stereocenters. The third-order valence-corrected chi connectivity index (χ3v) is 3.44. The summed E-state index contributed by atoms with van der Waals surface area (Å²) in [4.78, 5) is 2.21. The molecular weight excluding hydrogens is 270 g/mol. The molecule has 1 unspecified atom stereocenters. The van der Waals surface area contributed by atoms with Gasteiger partial charge in [0.15, 0.2) is 0 Å². The van der Waals surface area contributed by atoms with E-state index in [1.807, 2.05) is 12.1 Å². The van der Waals surface area contributed by atoms with Crippen LogP contribution in [0.5, 0.6) is 0 Å². The fraction of sp³-hybridized carbons (Fsp3) is 0.294. The lowest BCUT2D eigenvalue weighted by atomic mass is 9.98. The van der Waals surface area contributed by atoms with Crippen LogP contribution in [0.25, 0.3) is 0 Å². The molecule has 0 aromatic heterocycles. The summed E-state index contributed by atoms with van der Waals surface area (Å²) in [5.74, 6) is 0. The van der Waals surface area contributed by atoms with Gasteiger partial charge < -0.3 is 5.11 Å². The molecule has 0 aliphatic carbocycles. The highest BCUT2D eigenvalue weighted by atomic mass is 35.5. The normalized spacial score (nSPS) is 11.9. The van der Waals surface area contributed by atoms with E-state index in [2.05, 4.69) is 60.5 Å². The minimum absolute atomic E-state index is 0. The van der Waals surface area contributed by atoms with Crippen LogP contribution in [0.15, 0.2) is 60.7 Å². The summed E-state index contributed by atoms with van der Waals surface area (Å²) in [5, 5.41) is 9.16. The van der Waals surface area contributed by atoms with E-state index in [4.69, 9.17) is 5.11 Å². The average Bonchev–Trinajstić information content (AvgIpc) is 2.47. The zero-order valence-electron chi connectivity index (χ0n) is 11.8. The lowest BCUT2D eigenvalue weighted by molar-refractivity contribution is 0.179. The third-order valence-electron chi connectivity index (χ3n) is 3.44. The van der Waals surface area contributed by atoms with E-state index in [-0.39, 0.29) is 19.0 Å². The largest absolute Gasteiger partial charge is 0.395 e. The van der Waals surface area contributed by atoms with Gasteiger partial charge in [-0.2, -0.15) is 0 Å². The Balaban J connectivity index is 0.00000200. The van der Waals surface area contributed by atoms with Gasteiger partial charge in [0.2, 0.25) is 0 Å². The Hall–Kier alpha value is -1.35. The average molecular weight is 292 g/mol. The topological polar surface area (TPSA) is 23.5 Å². The number of hydrogen-bond donors (Lipinski definition) is 1. The first-order chi connectivity index (χ1) is 9.31. The summed E-state index contributed by atoms with van der Waals surface area (Å²) in [6, 6.07) is 21.3. The molecule has 2 nitrogen and oxygen atoms in total. The number of aliphatic hydroxyl groups is 1. The first-order valence-corrected chi connectivity index (χ1v) is 6.71. The van der Waals surface area contributed by atoms with Gasteiger partial charge in [0, 0.05) is 12.6 Å². The fourth-order valence-electron chi connectivity index (χ4n) is 2.35.